The molecule has 0 bridgehead atoms. The van der Waals surface area contributed by atoms with E-state index in [2.05, 4.69) is 123 Å². The van der Waals surface area contributed by atoms with Crippen LogP contribution in [0.2, 0.25) is 0 Å². The van der Waals surface area contributed by atoms with Crippen LogP contribution in [0.4, 0.5) is 11.4 Å². The van der Waals surface area contributed by atoms with Crippen molar-refractivity contribution in [3.63, 3.8) is 0 Å². The van der Waals surface area contributed by atoms with Crippen LogP contribution in [-0.4, -0.2) is 0 Å². The fourth-order valence-corrected chi connectivity index (χ4v) is 4.95. The maximum atomic E-state index is 4.09. The molecule has 1 heteroatoms. The van der Waals surface area contributed by atoms with E-state index >= 15 is 0 Å². The summed E-state index contributed by atoms with van der Waals surface area (Å²) < 4.78 is 0. The van der Waals surface area contributed by atoms with Gasteiger partial charge in [-0.1, -0.05) is 87.2 Å². The SMILES string of the molecule is C=C/C(=C\C)N(c1ccc2c(c1)-c1ccccc1C2(C)C)c1ccc2ccccc2c1. The van der Waals surface area contributed by atoms with Crippen LogP contribution in [0.5, 0.6) is 0 Å². The number of hydrogen-bond donors (Lipinski definition) is 0. The Labute approximate surface area is 185 Å². The van der Waals surface area contributed by atoms with Gasteiger partial charge in [-0.25, -0.2) is 0 Å². The van der Waals surface area contributed by atoms with Crippen molar-refractivity contribution in [1.82, 2.24) is 0 Å². The van der Waals surface area contributed by atoms with E-state index in [9.17, 15) is 0 Å². The topological polar surface area (TPSA) is 3.24 Å². The highest BCUT2D eigenvalue weighted by Crippen LogP contribution is 2.50. The molecule has 4 aromatic rings. The van der Waals surface area contributed by atoms with Gasteiger partial charge in [0.1, 0.15) is 0 Å². The summed E-state index contributed by atoms with van der Waals surface area (Å²) >= 11 is 0. The van der Waals surface area contributed by atoms with E-state index in [0.717, 1.165) is 17.1 Å². The van der Waals surface area contributed by atoms with Crippen molar-refractivity contribution in [2.75, 3.05) is 4.90 Å². The molecule has 1 aliphatic rings. The van der Waals surface area contributed by atoms with Crippen LogP contribution in [0.1, 0.15) is 31.9 Å². The molecule has 31 heavy (non-hydrogen) atoms. The third kappa shape index (κ3) is 3.00. The number of allylic oxidation sites excluding steroid dienone is 2. The van der Waals surface area contributed by atoms with Crippen molar-refractivity contribution in [1.29, 1.82) is 0 Å². The van der Waals surface area contributed by atoms with Gasteiger partial charge in [0.2, 0.25) is 0 Å². The van der Waals surface area contributed by atoms with Gasteiger partial charge >= 0.3 is 0 Å². The Morgan fingerprint density at radius 1 is 0.742 bits per heavy atom. The molecule has 0 N–H and O–H groups in total. The molecule has 0 saturated carbocycles. The highest BCUT2D eigenvalue weighted by molar-refractivity contribution is 5.89. The molecule has 4 aromatic carbocycles. The minimum Gasteiger partial charge on any atom is -0.311 e. The number of hydrogen-bond acceptors (Lipinski definition) is 1. The van der Waals surface area contributed by atoms with Crippen LogP contribution in [0.25, 0.3) is 21.9 Å². The third-order valence-electron chi connectivity index (χ3n) is 6.58. The van der Waals surface area contributed by atoms with E-state index in [-0.39, 0.29) is 5.41 Å². The maximum Gasteiger partial charge on any atom is 0.0467 e. The number of benzene rings is 4. The minimum atomic E-state index is 0.0140. The summed E-state index contributed by atoms with van der Waals surface area (Å²) in [7, 11) is 0. The summed E-state index contributed by atoms with van der Waals surface area (Å²) in [6.45, 7) is 10.8. The van der Waals surface area contributed by atoms with Gasteiger partial charge in [-0.05, 0) is 70.3 Å². The van der Waals surface area contributed by atoms with Gasteiger partial charge in [0.15, 0.2) is 0 Å². The second kappa shape index (κ2) is 7.28. The van der Waals surface area contributed by atoms with E-state index in [0.29, 0.717) is 0 Å². The first-order chi connectivity index (χ1) is 15.0. The van der Waals surface area contributed by atoms with Gasteiger partial charge < -0.3 is 4.90 Å². The lowest BCUT2D eigenvalue weighted by atomic mass is 9.82. The van der Waals surface area contributed by atoms with Crippen molar-refractivity contribution in [3.05, 3.63) is 120 Å². The fourth-order valence-electron chi connectivity index (χ4n) is 4.95. The molecule has 1 aliphatic carbocycles. The molecule has 0 aliphatic heterocycles. The highest BCUT2D eigenvalue weighted by atomic mass is 15.1. The quantitative estimate of drug-likeness (QED) is 0.310. The molecule has 1 nitrogen and oxygen atoms in total. The van der Waals surface area contributed by atoms with Gasteiger partial charge in [-0.2, -0.15) is 0 Å². The van der Waals surface area contributed by atoms with Crippen molar-refractivity contribution < 1.29 is 0 Å². The van der Waals surface area contributed by atoms with Crippen LogP contribution in [0.3, 0.4) is 0 Å². The lowest BCUT2D eigenvalue weighted by Crippen LogP contribution is -2.17. The molecule has 0 fully saturated rings. The van der Waals surface area contributed by atoms with E-state index in [1.165, 1.54) is 33.0 Å². The first kappa shape index (κ1) is 19.4. The van der Waals surface area contributed by atoms with Crippen molar-refractivity contribution in [3.8, 4) is 11.1 Å². The number of anilines is 2. The highest BCUT2D eigenvalue weighted by Gasteiger charge is 2.35. The number of rotatable bonds is 4. The Morgan fingerprint density at radius 2 is 1.39 bits per heavy atom. The fraction of sp³-hybridized carbons (Fsp3) is 0.133. The zero-order valence-electron chi connectivity index (χ0n) is 18.4. The monoisotopic (exact) mass is 401 g/mol. The van der Waals surface area contributed by atoms with E-state index in [4.69, 9.17) is 0 Å². The molecule has 0 aromatic heterocycles. The van der Waals surface area contributed by atoms with Crippen LogP contribution < -0.4 is 4.90 Å². The third-order valence-corrected chi connectivity index (χ3v) is 6.58. The second-order valence-corrected chi connectivity index (χ2v) is 8.68. The molecule has 0 saturated heterocycles. The smallest absolute Gasteiger partial charge is 0.0467 e. The van der Waals surface area contributed by atoms with Gasteiger partial charge in [-0.3, -0.25) is 0 Å². The van der Waals surface area contributed by atoms with Crippen molar-refractivity contribution in [2.24, 2.45) is 0 Å². The standard InChI is InChI=1S/C30H27N/c1-5-23(6-2)31(24-16-15-21-11-7-8-12-22(21)19-24)25-17-18-29-27(20-25)26-13-9-10-14-28(26)30(29,3)4/h5-20H,1H2,2-4H3/b23-6+. The summed E-state index contributed by atoms with van der Waals surface area (Å²) in [4.78, 5) is 2.30. The number of nitrogens with zero attached hydrogens (tertiary/aromatic N) is 1. The molecule has 0 radical (unpaired) electrons. The Balaban J connectivity index is 1.71. The van der Waals surface area contributed by atoms with Crippen LogP contribution in [0, 0.1) is 0 Å². The molecule has 152 valence electrons. The zero-order valence-corrected chi connectivity index (χ0v) is 18.4. The molecular weight excluding hydrogens is 374 g/mol. The summed E-state index contributed by atoms with van der Waals surface area (Å²) in [5.41, 5.74) is 8.81. The van der Waals surface area contributed by atoms with Crippen LogP contribution in [-0.2, 0) is 5.41 Å². The Kier molecular flexibility index (Phi) is 4.55. The van der Waals surface area contributed by atoms with E-state index in [1.807, 2.05) is 6.08 Å². The summed E-state index contributed by atoms with van der Waals surface area (Å²) in [5.74, 6) is 0. The lowest BCUT2D eigenvalue weighted by molar-refractivity contribution is 0.660. The Morgan fingerprint density at radius 3 is 2.16 bits per heavy atom. The minimum absolute atomic E-state index is 0.0140. The maximum absolute atomic E-state index is 4.09. The summed E-state index contributed by atoms with van der Waals surface area (Å²) in [6.07, 6.45) is 4.05. The summed E-state index contributed by atoms with van der Waals surface area (Å²) in [6, 6.07) is 30.8. The van der Waals surface area contributed by atoms with Crippen molar-refractivity contribution in [2.45, 2.75) is 26.2 Å². The average Bonchev–Trinajstić information content (AvgIpc) is 3.04. The van der Waals surface area contributed by atoms with E-state index in [1.54, 1.807) is 0 Å². The molecule has 0 unspecified atom stereocenters. The molecule has 0 heterocycles. The second-order valence-electron chi connectivity index (χ2n) is 8.68. The molecule has 0 atom stereocenters. The van der Waals surface area contributed by atoms with Gasteiger partial charge in [0.25, 0.3) is 0 Å². The predicted molar refractivity (Wildman–Crippen MR) is 134 cm³/mol. The van der Waals surface area contributed by atoms with E-state index < -0.39 is 0 Å². The van der Waals surface area contributed by atoms with Gasteiger partial charge in [0.05, 0.1) is 0 Å². The Bertz CT molecular complexity index is 1340. The van der Waals surface area contributed by atoms with Crippen molar-refractivity contribution >= 4 is 22.1 Å². The molecule has 0 amide bonds. The molecule has 0 spiro atoms. The van der Waals surface area contributed by atoms with Crippen LogP contribution >= 0.6 is 0 Å². The van der Waals surface area contributed by atoms with Gasteiger partial charge in [0, 0.05) is 22.5 Å². The normalized spacial score (nSPS) is 14.2. The zero-order chi connectivity index (χ0) is 21.6. The molecular formula is C30H27N. The first-order valence-corrected chi connectivity index (χ1v) is 10.9. The largest absolute Gasteiger partial charge is 0.311 e. The van der Waals surface area contributed by atoms with Gasteiger partial charge in [-0.15, -0.1) is 0 Å². The lowest BCUT2D eigenvalue weighted by Gasteiger charge is -2.28. The van der Waals surface area contributed by atoms with Crippen LogP contribution in [0.15, 0.2) is 109 Å². The predicted octanol–water partition coefficient (Wildman–Crippen LogP) is 8.37. The number of fused-ring (bicyclic) bond motifs is 4. The Hall–Kier alpha value is -3.58. The average molecular weight is 402 g/mol. The molecule has 5 rings (SSSR count). The first-order valence-electron chi connectivity index (χ1n) is 10.9. The summed E-state index contributed by atoms with van der Waals surface area (Å²) in [5, 5.41) is 2.48.